The topological polar surface area (TPSA) is 54.4 Å². The smallest absolute Gasteiger partial charge is 0.206 e. The Kier molecular flexibility index (Phi) is 5.55. The van der Waals surface area contributed by atoms with E-state index in [1.165, 1.54) is 5.56 Å². The SMILES string of the molecule is Cc1ccc(O)cc1.O=S(=O)(c1ccccc1)c1ccccc1. The maximum atomic E-state index is 12.0. The van der Waals surface area contributed by atoms with Crippen molar-refractivity contribution in [1.29, 1.82) is 0 Å². The van der Waals surface area contributed by atoms with E-state index in [1.54, 1.807) is 72.8 Å². The molecule has 118 valence electrons. The summed E-state index contributed by atoms with van der Waals surface area (Å²) in [7, 11) is -3.34. The van der Waals surface area contributed by atoms with E-state index >= 15 is 0 Å². The molecule has 0 saturated heterocycles. The van der Waals surface area contributed by atoms with Crippen molar-refractivity contribution in [1.82, 2.24) is 0 Å². The molecule has 0 amide bonds. The van der Waals surface area contributed by atoms with Crippen LogP contribution in [0.1, 0.15) is 5.56 Å². The van der Waals surface area contributed by atoms with Crippen molar-refractivity contribution in [2.45, 2.75) is 16.7 Å². The van der Waals surface area contributed by atoms with Gasteiger partial charge in [-0.15, -0.1) is 0 Å². The molecular weight excluding hydrogens is 308 g/mol. The monoisotopic (exact) mass is 326 g/mol. The van der Waals surface area contributed by atoms with Gasteiger partial charge in [0.1, 0.15) is 5.75 Å². The van der Waals surface area contributed by atoms with Crippen LogP contribution in [0.4, 0.5) is 0 Å². The van der Waals surface area contributed by atoms with E-state index in [1.807, 2.05) is 19.1 Å². The van der Waals surface area contributed by atoms with Gasteiger partial charge in [-0.1, -0.05) is 54.1 Å². The van der Waals surface area contributed by atoms with Crippen LogP contribution >= 0.6 is 0 Å². The predicted molar refractivity (Wildman–Crippen MR) is 91.2 cm³/mol. The second-order valence-electron chi connectivity index (χ2n) is 4.97. The summed E-state index contributed by atoms with van der Waals surface area (Å²) < 4.78 is 24.1. The molecule has 0 aliphatic heterocycles. The highest BCUT2D eigenvalue weighted by Gasteiger charge is 2.15. The first-order valence-corrected chi connectivity index (χ1v) is 8.59. The zero-order chi connectivity index (χ0) is 16.7. The third-order valence-electron chi connectivity index (χ3n) is 3.14. The van der Waals surface area contributed by atoms with Crippen LogP contribution in [-0.2, 0) is 9.84 Å². The average molecular weight is 326 g/mol. The Hall–Kier alpha value is -2.59. The molecule has 3 nitrogen and oxygen atoms in total. The van der Waals surface area contributed by atoms with Gasteiger partial charge >= 0.3 is 0 Å². The van der Waals surface area contributed by atoms with Crippen LogP contribution in [0, 0.1) is 6.92 Å². The number of phenolic OH excluding ortho intramolecular Hbond substituents is 1. The highest BCUT2D eigenvalue weighted by Crippen LogP contribution is 2.19. The van der Waals surface area contributed by atoms with Crippen LogP contribution in [-0.4, -0.2) is 13.5 Å². The lowest BCUT2D eigenvalue weighted by Gasteiger charge is -2.03. The molecular formula is C19H18O3S. The Morgan fingerprint density at radius 2 is 1.04 bits per heavy atom. The minimum atomic E-state index is -3.34. The maximum Gasteiger partial charge on any atom is 0.206 e. The van der Waals surface area contributed by atoms with E-state index in [-0.39, 0.29) is 0 Å². The first-order chi connectivity index (χ1) is 11.0. The molecule has 3 rings (SSSR count). The van der Waals surface area contributed by atoms with Crippen LogP contribution in [0.5, 0.6) is 5.75 Å². The minimum Gasteiger partial charge on any atom is -0.508 e. The van der Waals surface area contributed by atoms with E-state index < -0.39 is 9.84 Å². The van der Waals surface area contributed by atoms with Gasteiger partial charge in [0.2, 0.25) is 9.84 Å². The zero-order valence-corrected chi connectivity index (χ0v) is 13.6. The number of aryl methyl sites for hydroxylation is 1. The molecule has 3 aromatic carbocycles. The molecule has 4 heteroatoms. The van der Waals surface area contributed by atoms with Gasteiger partial charge in [0, 0.05) is 0 Å². The Bertz CT molecular complexity index is 758. The van der Waals surface area contributed by atoms with Crippen molar-refractivity contribution in [2.75, 3.05) is 0 Å². The third kappa shape index (κ3) is 4.69. The number of phenols is 1. The van der Waals surface area contributed by atoms with Crippen LogP contribution < -0.4 is 0 Å². The lowest BCUT2D eigenvalue weighted by atomic mass is 10.2. The molecule has 0 bridgehead atoms. The van der Waals surface area contributed by atoms with E-state index in [0.717, 1.165) is 0 Å². The Labute approximate surface area is 136 Å². The number of aromatic hydroxyl groups is 1. The lowest BCUT2D eigenvalue weighted by molar-refractivity contribution is 0.475. The fourth-order valence-electron chi connectivity index (χ4n) is 1.88. The van der Waals surface area contributed by atoms with Crippen molar-refractivity contribution >= 4 is 9.84 Å². The van der Waals surface area contributed by atoms with Crippen molar-refractivity contribution in [2.24, 2.45) is 0 Å². The summed E-state index contributed by atoms with van der Waals surface area (Å²) in [4.78, 5) is 0.660. The summed E-state index contributed by atoms with van der Waals surface area (Å²) >= 11 is 0. The number of hydrogen-bond acceptors (Lipinski definition) is 3. The molecule has 0 aliphatic rings. The number of hydrogen-bond donors (Lipinski definition) is 1. The van der Waals surface area contributed by atoms with E-state index in [2.05, 4.69) is 0 Å². The molecule has 0 spiro atoms. The van der Waals surface area contributed by atoms with Gasteiger partial charge in [0.05, 0.1) is 9.79 Å². The van der Waals surface area contributed by atoms with Gasteiger partial charge in [0.25, 0.3) is 0 Å². The van der Waals surface area contributed by atoms with Gasteiger partial charge < -0.3 is 5.11 Å². The molecule has 0 heterocycles. The molecule has 0 fully saturated rings. The van der Waals surface area contributed by atoms with Gasteiger partial charge in [-0.05, 0) is 43.3 Å². The van der Waals surface area contributed by atoms with E-state index in [4.69, 9.17) is 5.11 Å². The number of sulfone groups is 1. The summed E-state index contributed by atoms with van der Waals surface area (Å²) in [6.45, 7) is 1.99. The maximum absolute atomic E-state index is 12.0. The molecule has 0 unspecified atom stereocenters. The Morgan fingerprint density at radius 3 is 1.39 bits per heavy atom. The first-order valence-electron chi connectivity index (χ1n) is 7.11. The predicted octanol–water partition coefficient (Wildman–Crippen LogP) is 4.22. The Balaban J connectivity index is 0.000000203. The molecule has 1 N–H and O–H groups in total. The highest BCUT2D eigenvalue weighted by molar-refractivity contribution is 7.91. The molecule has 23 heavy (non-hydrogen) atoms. The second-order valence-corrected chi connectivity index (χ2v) is 6.91. The van der Waals surface area contributed by atoms with Crippen LogP contribution in [0.15, 0.2) is 94.7 Å². The third-order valence-corrected chi connectivity index (χ3v) is 4.93. The molecule has 0 aliphatic carbocycles. The second kappa shape index (κ2) is 7.61. The van der Waals surface area contributed by atoms with Gasteiger partial charge in [0.15, 0.2) is 0 Å². The van der Waals surface area contributed by atoms with Crippen molar-refractivity contribution in [3.8, 4) is 5.75 Å². The fourth-order valence-corrected chi connectivity index (χ4v) is 3.18. The zero-order valence-electron chi connectivity index (χ0n) is 12.8. The van der Waals surface area contributed by atoms with Gasteiger partial charge in [-0.3, -0.25) is 0 Å². The van der Waals surface area contributed by atoms with E-state index in [0.29, 0.717) is 15.5 Å². The van der Waals surface area contributed by atoms with Gasteiger partial charge in [-0.2, -0.15) is 0 Å². The molecule has 0 radical (unpaired) electrons. The quantitative estimate of drug-likeness (QED) is 0.767. The van der Waals surface area contributed by atoms with Gasteiger partial charge in [-0.25, -0.2) is 8.42 Å². The van der Waals surface area contributed by atoms with Crippen LogP contribution in [0.3, 0.4) is 0 Å². The minimum absolute atomic E-state index is 0.329. The fraction of sp³-hybridized carbons (Fsp3) is 0.0526. The average Bonchev–Trinajstić information content (AvgIpc) is 2.60. The largest absolute Gasteiger partial charge is 0.508 e. The summed E-state index contributed by atoms with van der Waals surface area (Å²) in [5, 5.41) is 8.76. The normalized spacial score (nSPS) is 10.5. The number of benzene rings is 3. The molecule has 0 saturated carbocycles. The molecule has 0 atom stereocenters. The van der Waals surface area contributed by atoms with Crippen molar-refractivity contribution in [3.63, 3.8) is 0 Å². The number of rotatable bonds is 2. The molecule has 0 aromatic heterocycles. The van der Waals surface area contributed by atoms with Crippen LogP contribution in [0.25, 0.3) is 0 Å². The summed E-state index contributed by atoms with van der Waals surface area (Å²) in [5.41, 5.74) is 1.17. The van der Waals surface area contributed by atoms with E-state index in [9.17, 15) is 8.42 Å². The summed E-state index contributed by atoms with van der Waals surface area (Å²) in [6.07, 6.45) is 0. The summed E-state index contributed by atoms with van der Waals surface area (Å²) in [6, 6.07) is 24.0. The highest BCUT2D eigenvalue weighted by atomic mass is 32.2. The van der Waals surface area contributed by atoms with Crippen molar-refractivity contribution in [3.05, 3.63) is 90.5 Å². The summed E-state index contributed by atoms with van der Waals surface area (Å²) in [5.74, 6) is 0.329. The first kappa shape index (κ1) is 16.8. The van der Waals surface area contributed by atoms with Crippen molar-refractivity contribution < 1.29 is 13.5 Å². The Morgan fingerprint density at radius 1 is 0.652 bits per heavy atom. The molecule has 3 aromatic rings. The standard InChI is InChI=1S/C12H10O2S.C7H8O/c13-15(14,11-7-3-1-4-8-11)12-9-5-2-6-10-12;1-6-2-4-7(8)5-3-6/h1-10H;2-5,8H,1H3. The lowest BCUT2D eigenvalue weighted by Crippen LogP contribution is -2.00. The van der Waals surface area contributed by atoms with Crippen LogP contribution in [0.2, 0.25) is 0 Å².